The minimum Gasteiger partial charge on any atom is -0.427 e. The monoisotopic (exact) mass is 364 g/mol. The van der Waals surface area contributed by atoms with Gasteiger partial charge in [-0.15, -0.1) is 0 Å². The molecule has 0 aromatic heterocycles. The van der Waals surface area contributed by atoms with Crippen molar-refractivity contribution >= 4 is 22.3 Å². The van der Waals surface area contributed by atoms with E-state index in [1.807, 2.05) is 12.1 Å². The molecule has 2 aromatic rings. The molecule has 0 saturated heterocycles. The van der Waals surface area contributed by atoms with Crippen LogP contribution < -0.4 is 4.74 Å². The average molecular weight is 365 g/mol. The third kappa shape index (κ3) is 5.45. The van der Waals surface area contributed by atoms with Crippen molar-refractivity contribution in [1.82, 2.24) is 0 Å². The average Bonchev–Trinajstić information content (AvgIpc) is 2.70. The van der Waals surface area contributed by atoms with Gasteiger partial charge >= 0.3 is 5.97 Å². The summed E-state index contributed by atoms with van der Waals surface area (Å²) in [5.74, 6) is 1.38. The van der Waals surface area contributed by atoms with Crippen LogP contribution in [0.1, 0.15) is 77.2 Å². The van der Waals surface area contributed by atoms with E-state index in [9.17, 15) is 4.79 Å². The van der Waals surface area contributed by atoms with Crippen molar-refractivity contribution in [1.29, 1.82) is 0 Å². The first-order chi connectivity index (χ1) is 13.2. The first-order valence-electron chi connectivity index (χ1n) is 10.6. The van der Waals surface area contributed by atoms with Gasteiger partial charge in [0.2, 0.25) is 0 Å². The van der Waals surface area contributed by atoms with Gasteiger partial charge in [-0.25, -0.2) is 0 Å². The Morgan fingerprint density at radius 2 is 1.81 bits per heavy atom. The van der Waals surface area contributed by atoms with Crippen LogP contribution in [0.2, 0.25) is 0 Å². The zero-order valence-electron chi connectivity index (χ0n) is 16.8. The molecule has 0 heterocycles. The van der Waals surface area contributed by atoms with E-state index in [0.29, 0.717) is 12.2 Å². The number of unbranched alkanes of at least 4 members (excludes halogenated alkanes) is 2. The van der Waals surface area contributed by atoms with E-state index in [1.165, 1.54) is 55.0 Å². The van der Waals surface area contributed by atoms with Crippen molar-refractivity contribution < 1.29 is 9.53 Å². The SMILES string of the molecule is CCCCC(=O)Oc1ccc2cc(C3=CCC(CCCC)CC3)ccc2c1. The molecule has 3 rings (SSSR count). The lowest BCUT2D eigenvalue weighted by Crippen LogP contribution is -2.07. The molecule has 1 atom stereocenters. The topological polar surface area (TPSA) is 26.3 Å². The highest BCUT2D eigenvalue weighted by atomic mass is 16.5. The number of fused-ring (bicyclic) bond motifs is 1. The maximum Gasteiger partial charge on any atom is 0.311 e. The largest absolute Gasteiger partial charge is 0.427 e. The Morgan fingerprint density at radius 1 is 1.04 bits per heavy atom. The molecule has 27 heavy (non-hydrogen) atoms. The zero-order valence-corrected chi connectivity index (χ0v) is 16.8. The van der Waals surface area contributed by atoms with Crippen molar-refractivity contribution in [2.75, 3.05) is 0 Å². The summed E-state index contributed by atoms with van der Waals surface area (Å²) in [4.78, 5) is 11.8. The van der Waals surface area contributed by atoms with Crippen molar-refractivity contribution in [2.24, 2.45) is 5.92 Å². The predicted octanol–water partition coefficient (Wildman–Crippen LogP) is 7.31. The molecule has 0 bridgehead atoms. The molecular weight excluding hydrogens is 332 g/mol. The van der Waals surface area contributed by atoms with Crippen LogP contribution >= 0.6 is 0 Å². The summed E-state index contributed by atoms with van der Waals surface area (Å²) in [6.45, 7) is 4.35. The molecule has 2 aromatic carbocycles. The maximum atomic E-state index is 11.8. The van der Waals surface area contributed by atoms with Crippen LogP contribution in [0.5, 0.6) is 5.75 Å². The molecule has 0 radical (unpaired) electrons. The lowest BCUT2D eigenvalue weighted by Gasteiger charge is -2.22. The second kappa shape index (κ2) is 9.73. The lowest BCUT2D eigenvalue weighted by molar-refractivity contribution is -0.134. The standard InChI is InChI=1S/C25H32O2/c1-3-5-7-19-9-11-20(12-10-19)21-13-14-23-18-24(16-15-22(23)17-21)27-25(26)8-6-4-2/h11,13-19H,3-10,12H2,1-2H3. The smallest absolute Gasteiger partial charge is 0.311 e. The van der Waals surface area contributed by atoms with Gasteiger partial charge in [0, 0.05) is 6.42 Å². The van der Waals surface area contributed by atoms with Gasteiger partial charge in [0.25, 0.3) is 0 Å². The highest BCUT2D eigenvalue weighted by Crippen LogP contribution is 2.34. The molecule has 0 fully saturated rings. The summed E-state index contributed by atoms with van der Waals surface area (Å²) in [5.41, 5.74) is 2.82. The summed E-state index contributed by atoms with van der Waals surface area (Å²) in [5, 5.41) is 2.33. The second-order valence-corrected chi connectivity index (χ2v) is 7.81. The number of benzene rings is 2. The highest BCUT2D eigenvalue weighted by Gasteiger charge is 2.15. The van der Waals surface area contributed by atoms with Crippen LogP contribution in [0.4, 0.5) is 0 Å². The van der Waals surface area contributed by atoms with E-state index >= 15 is 0 Å². The number of carbonyl (C=O) groups is 1. The van der Waals surface area contributed by atoms with Crippen LogP contribution in [0, 0.1) is 5.92 Å². The Morgan fingerprint density at radius 3 is 2.56 bits per heavy atom. The number of hydrogen-bond acceptors (Lipinski definition) is 2. The van der Waals surface area contributed by atoms with Gasteiger partial charge < -0.3 is 4.74 Å². The van der Waals surface area contributed by atoms with Gasteiger partial charge in [0.05, 0.1) is 0 Å². The van der Waals surface area contributed by atoms with Crippen molar-refractivity contribution in [3.05, 3.63) is 48.0 Å². The number of hydrogen-bond donors (Lipinski definition) is 0. The maximum absolute atomic E-state index is 11.8. The highest BCUT2D eigenvalue weighted by molar-refractivity contribution is 5.88. The number of carbonyl (C=O) groups excluding carboxylic acids is 1. The summed E-state index contributed by atoms with van der Waals surface area (Å²) in [7, 11) is 0. The third-order valence-corrected chi connectivity index (χ3v) is 5.63. The first kappa shape index (κ1) is 19.7. The fraction of sp³-hybridized carbons (Fsp3) is 0.480. The first-order valence-corrected chi connectivity index (χ1v) is 10.6. The van der Waals surface area contributed by atoms with E-state index in [2.05, 4.69) is 44.2 Å². The van der Waals surface area contributed by atoms with Gasteiger partial charge in [-0.05, 0) is 71.7 Å². The Labute approximate surface area is 163 Å². The van der Waals surface area contributed by atoms with E-state index in [4.69, 9.17) is 4.74 Å². The molecule has 1 unspecified atom stereocenters. The molecule has 144 valence electrons. The summed E-state index contributed by atoms with van der Waals surface area (Å²) >= 11 is 0. The zero-order chi connectivity index (χ0) is 19.1. The van der Waals surface area contributed by atoms with Crippen LogP contribution in [0.3, 0.4) is 0 Å². The van der Waals surface area contributed by atoms with Crippen LogP contribution in [0.25, 0.3) is 16.3 Å². The lowest BCUT2D eigenvalue weighted by atomic mass is 9.84. The molecule has 0 spiro atoms. The second-order valence-electron chi connectivity index (χ2n) is 7.81. The van der Waals surface area contributed by atoms with Gasteiger partial charge in [-0.1, -0.05) is 63.8 Å². The summed E-state index contributed by atoms with van der Waals surface area (Å²) in [6, 6.07) is 12.6. The van der Waals surface area contributed by atoms with Crippen molar-refractivity contribution in [3.8, 4) is 5.75 Å². The molecule has 1 aliphatic rings. The fourth-order valence-corrected chi connectivity index (χ4v) is 3.90. The minimum atomic E-state index is -0.141. The van der Waals surface area contributed by atoms with E-state index in [0.717, 1.165) is 24.1 Å². The molecule has 0 amide bonds. The molecule has 0 N–H and O–H groups in total. The number of ether oxygens (including phenoxy) is 1. The van der Waals surface area contributed by atoms with Gasteiger partial charge in [-0.2, -0.15) is 0 Å². The van der Waals surface area contributed by atoms with Crippen LogP contribution in [-0.4, -0.2) is 5.97 Å². The van der Waals surface area contributed by atoms with E-state index in [-0.39, 0.29) is 5.97 Å². The molecule has 2 nitrogen and oxygen atoms in total. The Kier molecular flexibility index (Phi) is 7.09. The number of esters is 1. The third-order valence-electron chi connectivity index (χ3n) is 5.63. The Bertz CT molecular complexity index is 803. The Hall–Kier alpha value is -2.09. The minimum absolute atomic E-state index is 0.141. The van der Waals surface area contributed by atoms with Gasteiger partial charge in [0.1, 0.15) is 5.75 Å². The van der Waals surface area contributed by atoms with Crippen LogP contribution in [-0.2, 0) is 4.79 Å². The van der Waals surface area contributed by atoms with E-state index < -0.39 is 0 Å². The quantitative estimate of drug-likeness (QED) is 0.362. The fourth-order valence-electron chi connectivity index (χ4n) is 3.90. The van der Waals surface area contributed by atoms with Crippen LogP contribution in [0.15, 0.2) is 42.5 Å². The Balaban J connectivity index is 1.68. The summed E-state index contributed by atoms with van der Waals surface area (Å²) < 4.78 is 5.46. The molecule has 2 heteroatoms. The molecular formula is C25H32O2. The van der Waals surface area contributed by atoms with Crippen molar-refractivity contribution in [2.45, 2.75) is 71.6 Å². The van der Waals surface area contributed by atoms with Gasteiger partial charge in [-0.3, -0.25) is 4.79 Å². The normalized spacial score (nSPS) is 17.0. The summed E-state index contributed by atoms with van der Waals surface area (Å²) in [6.07, 6.45) is 12.6. The van der Waals surface area contributed by atoms with E-state index in [1.54, 1.807) is 0 Å². The predicted molar refractivity (Wildman–Crippen MR) is 114 cm³/mol. The van der Waals surface area contributed by atoms with Gasteiger partial charge in [0.15, 0.2) is 0 Å². The molecule has 0 saturated carbocycles. The number of allylic oxidation sites excluding steroid dienone is 2. The molecule has 1 aliphatic carbocycles. The van der Waals surface area contributed by atoms with Crippen molar-refractivity contribution in [3.63, 3.8) is 0 Å². The molecule has 0 aliphatic heterocycles. The number of rotatable bonds is 8.